The number of ether oxygens (including phenoxy) is 2. The highest BCUT2D eigenvalue weighted by atomic mass is 16.5. The van der Waals surface area contributed by atoms with E-state index in [9.17, 15) is 4.79 Å². The second-order valence-corrected chi connectivity index (χ2v) is 7.49. The number of methoxy groups -OCH3 is 1. The summed E-state index contributed by atoms with van der Waals surface area (Å²) in [6.07, 6.45) is 9.26. The molecule has 0 unspecified atom stereocenters. The van der Waals surface area contributed by atoms with Gasteiger partial charge in [0.2, 0.25) is 0 Å². The van der Waals surface area contributed by atoms with E-state index in [-0.39, 0.29) is 18.1 Å². The van der Waals surface area contributed by atoms with E-state index in [1.54, 1.807) is 19.6 Å². The van der Waals surface area contributed by atoms with Crippen molar-refractivity contribution >= 4 is 16.9 Å². The van der Waals surface area contributed by atoms with Crippen LogP contribution in [0.5, 0.6) is 0 Å². The second-order valence-electron chi connectivity index (χ2n) is 7.49. The number of aryl methyl sites for hydroxylation is 1. The molecule has 8 nitrogen and oxygen atoms in total. The molecule has 1 fully saturated rings. The number of imidazole rings is 2. The van der Waals surface area contributed by atoms with Crippen molar-refractivity contribution < 1.29 is 14.3 Å². The summed E-state index contributed by atoms with van der Waals surface area (Å²) in [6.45, 7) is 3.13. The van der Waals surface area contributed by atoms with E-state index in [1.165, 1.54) is 0 Å². The number of nitrogens with one attached hydrogen (secondary N) is 2. The van der Waals surface area contributed by atoms with Crippen LogP contribution in [0.2, 0.25) is 0 Å². The zero-order chi connectivity index (χ0) is 20.2. The Morgan fingerprint density at radius 1 is 1.28 bits per heavy atom. The average molecular weight is 397 g/mol. The number of H-pyrrole nitrogens is 1. The third-order valence-electron chi connectivity index (χ3n) is 5.39. The number of carbonyl (C=O) groups is 1. The van der Waals surface area contributed by atoms with Crippen LogP contribution < -0.4 is 5.32 Å². The molecule has 0 radical (unpaired) electrons. The van der Waals surface area contributed by atoms with Crippen LogP contribution in [0.3, 0.4) is 0 Å². The number of fused-ring (bicyclic) bond motifs is 1. The third-order valence-corrected chi connectivity index (χ3v) is 5.39. The maximum Gasteiger partial charge on any atom is 0.253 e. The fourth-order valence-corrected chi connectivity index (χ4v) is 3.90. The van der Waals surface area contributed by atoms with Gasteiger partial charge in [0, 0.05) is 31.2 Å². The van der Waals surface area contributed by atoms with E-state index in [2.05, 4.69) is 20.3 Å². The minimum atomic E-state index is -0.0793. The Kier molecular flexibility index (Phi) is 5.92. The van der Waals surface area contributed by atoms with E-state index in [1.807, 2.05) is 29.8 Å². The Bertz CT molecular complexity index is 958. The van der Waals surface area contributed by atoms with Gasteiger partial charge in [0.05, 0.1) is 42.2 Å². The summed E-state index contributed by atoms with van der Waals surface area (Å²) in [7, 11) is 1.68. The van der Waals surface area contributed by atoms with Crippen LogP contribution in [-0.2, 0) is 9.47 Å². The second kappa shape index (κ2) is 8.75. The normalized spacial score (nSPS) is 19.5. The van der Waals surface area contributed by atoms with Gasteiger partial charge in [-0.1, -0.05) is 0 Å². The van der Waals surface area contributed by atoms with E-state index in [0.29, 0.717) is 18.8 Å². The molecule has 0 aliphatic heterocycles. The lowest BCUT2D eigenvalue weighted by atomic mass is 9.92. The molecule has 1 saturated carbocycles. The number of amides is 1. The minimum Gasteiger partial charge on any atom is -0.382 e. The van der Waals surface area contributed by atoms with Gasteiger partial charge in [0.25, 0.3) is 5.91 Å². The van der Waals surface area contributed by atoms with Crippen molar-refractivity contribution in [2.45, 2.75) is 44.8 Å². The molecule has 0 bridgehead atoms. The van der Waals surface area contributed by atoms with Crippen molar-refractivity contribution in [2.75, 3.05) is 20.3 Å². The van der Waals surface area contributed by atoms with Gasteiger partial charge in [-0.25, -0.2) is 9.97 Å². The minimum absolute atomic E-state index is 0.0793. The van der Waals surface area contributed by atoms with E-state index < -0.39 is 0 Å². The predicted molar refractivity (Wildman–Crippen MR) is 109 cm³/mol. The Balaban J connectivity index is 1.47. The largest absolute Gasteiger partial charge is 0.382 e. The predicted octanol–water partition coefficient (Wildman–Crippen LogP) is 2.76. The first-order valence-corrected chi connectivity index (χ1v) is 10.0. The molecule has 3 aromatic rings. The standard InChI is InChI=1S/C21H27N5O3/c1-14-23-19-12-16(26-8-7-22-13-26)11-18(20(19)24-14)21(27)25-15-3-5-17(6-4-15)29-10-9-28-2/h7-8,11-13,15,17H,3-6,9-10H2,1-2H3,(H,23,24)(H,25,27). The molecule has 29 heavy (non-hydrogen) atoms. The van der Waals surface area contributed by atoms with Gasteiger partial charge in [-0.2, -0.15) is 0 Å². The summed E-state index contributed by atoms with van der Waals surface area (Å²) in [5.74, 6) is 0.704. The Morgan fingerprint density at radius 3 is 2.83 bits per heavy atom. The Morgan fingerprint density at radius 2 is 2.10 bits per heavy atom. The number of nitrogens with zero attached hydrogens (tertiary/aromatic N) is 3. The molecule has 1 aliphatic rings. The molecule has 1 aliphatic carbocycles. The van der Waals surface area contributed by atoms with Gasteiger partial charge >= 0.3 is 0 Å². The van der Waals surface area contributed by atoms with Crippen molar-refractivity contribution in [3.05, 3.63) is 42.2 Å². The van der Waals surface area contributed by atoms with Crippen molar-refractivity contribution in [1.82, 2.24) is 24.8 Å². The molecule has 2 heterocycles. The zero-order valence-electron chi connectivity index (χ0n) is 16.9. The van der Waals surface area contributed by atoms with Gasteiger partial charge in [0.1, 0.15) is 5.82 Å². The molecule has 1 amide bonds. The number of rotatable bonds is 7. The van der Waals surface area contributed by atoms with E-state index in [0.717, 1.165) is 48.2 Å². The van der Waals surface area contributed by atoms with Gasteiger partial charge in [-0.15, -0.1) is 0 Å². The van der Waals surface area contributed by atoms with Crippen LogP contribution in [0, 0.1) is 6.92 Å². The molecule has 0 atom stereocenters. The summed E-state index contributed by atoms with van der Waals surface area (Å²) < 4.78 is 12.7. The average Bonchev–Trinajstić information content (AvgIpc) is 3.37. The van der Waals surface area contributed by atoms with Gasteiger partial charge in [-0.05, 0) is 44.7 Å². The number of hydrogen-bond acceptors (Lipinski definition) is 5. The molecular weight excluding hydrogens is 370 g/mol. The smallest absolute Gasteiger partial charge is 0.253 e. The highest BCUT2D eigenvalue weighted by Crippen LogP contribution is 2.24. The molecular formula is C21H27N5O3. The van der Waals surface area contributed by atoms with Crippen molar-refractivity contribution in [3.8, 4) is 5.69 Å². The lowest BCUT2D eigenvalue weighted by Gasteiger charge is -2.29. The quantitative estimate of drug-likeness (QED) is 0.598. The molecule has 0 saturated heterocycles. The highest BCUT2D eigenvalue weighted by Gasteiger charge is 2.24. The fourth-order valence-electron chi connectivity index (χ4n) is 3.90. The molecule has 2 aromatic heterocycles. The first-order valence-electron chi connectivity index (χ1n) is 10.0. The number of benzene rings is 1. The summed E-state index contributed by atoms with van der Waals surface area (Å²) >= 11 is 0. The third kappa shape index (κ3) is 4.49. The maximum absolute atomic E-state index is 13.1. The number of aromatic amines is 1. The SMILES string of the molecule is COCCOC1CCC(NC(=O)c2cc(-n3ccnc3)cc3nc(C)[nH]c23)CC1. The molecule has 154 valence electrons. The van der Waals surface area contributed by atoms with Crippen LogP contribution in [0.1, 0.15) is 41.9 Å². The summed E-state index contributed by atoms with van der Waals surface area (Å²) in [6, 6.07) is 4.00. The van der Waals surface area contributed by atoms with Crippen molar-refractivity contribution in [1.29, 1.82) is 0 Å². The lowest BCUT2D eigenvalue weighted by Crippen LogP contribution is -2.39. The first kappa shape index (κ1) is 19.6. The molecule has 2 N–H and O–H groups in total. The summed E-state index contributed by atoms with van der Waals surface area (Å²) in [5.41, 5.74) is 3.00. The summed E-state index contributed by atoms with van der Waals surface area (Å²) in [5, 5.41) is 3.21. The molecule has 1 aromatic carbocycles. The van der Waals surface area contributed by atoms with Crippen LogP contribution in [0.15, 0.2) is 30.9 Å². The van der Waals surface area contributed by atoms with Crippen LogP contribution in [0.4, 0.5) is 0 Å². The first-order chi connectivity index (χ1) is 14.1. The van der Waals surface area contributed by atoms with Crippen molar-refractivity contribution in [2.24, 2.45) is 0 Å². The fraction of sp³-hybridized carbons (Fsp3) is 0.476. The topological polar surface area (TPSA) is 94.1 Å². The number of carbonyl (C=O) groups excluding carboxylic acids is 1. The Hall–Kier alpha value is -2.71. The molecule has 0 spiro atoms. The number of hydrogen-bond donors (Lipinski definition) is 2. The van der Waals surface area contributed by atoms with Gasteiger partial charge in [-0.3, -0.25) is 4.79 Å². The lowest BCUT2D eigenvalue weighted by molar-refractivity contribution is -0.00408. The Labute approximate surface area is 169 Å². The molecule has 4 rings (SSSR count). The molecule has 8 heteroatoms. The van der Waals surface area contributed by atoms with Crippen LogP contribution in [0.25, 0.3) is 16.7 Å². The zero-order valence-corrected chi connectivity index (χ0v) is 16.9. The van der Waals surface area contributed by atoms with Crippen molar-refractivity contribution in [3.63, 3.8) is 0 Å². The van der Waals surface area contributed by atoms with Crippen LogP contribution >= 0.6 is 0 Å². The van der Waals surface area contributed by atoms with Gasteiger partial charge < -0.3 is 24.3 Å². The summed E-state index contributed by atoms with van der Waals surface area (Å²) in [4.78, 5) is 25.0. The van der Waals surface area contributed by atoms with E-state index in [4.69, 9.17) is 9.47 Å². The van der Waals surface area contributed by atoms with Gasteiger partial charge in [0.15, 0.2) is 0 Å². The van der Waals surface area contributed by atoms with Crippen LogP contribution in [-0.4, -0.2) is 57.9 Å². The highest BCUT2D eigenvalue weighted by molar-refractivity contribution is 6.06. The maximum atomic E-state index is 13.1. The van der Waals surface area contributed by atoms with E-state index >= 15 is 0 Å². The monoisotopic (exact) mass is 397 g/mol. The number of aromatic nitrogens is 4.